The topological polar surface area (TPSA) is 55.8 Å². The predicted octanol–water partition coefficient (Wildman–Crippen LogP) is 1.07. The van der Waals surface area contributed by atoms with Crippen molar-refractivity contribution < 1.29 is 19.7 Å². The quantitative estimate of drug-likeness (QED) is 0.383. The molecule has 0 unspecified atom stereocenters. The Morgan fingerprint density at radius 2 is 2.00 bits per heavy atom. The lowest BCUT2D eigenvalue weighted by atomic mass is 9.99. The number of carbonyl (C=O) groups is 1. The first-order valence-corrected chi connectivity index (χ1v) is 3.38. The molecular formula is C7H14O4. The van der Waals surface area contributed by atoms with Gasteiger partial charge in [-0.05, 0) is 5.41 Å². The highest BCUT2D eigenvalue weighted by Crippen LogP contribution is 2.12. The van der Waals surface area contributed by atoms with E-state index in [0.717, 1.165) is 0 Å². The van der Waals surface area contributed by atoms with Crippen LogP contribution >= 0.6 is 0 Å². The lowest BCUT2D eigenvalue weighted by molar-refractivity contribution is -0.245. The van der Waals surface area contributed by atoms with E-state index in [1.165, 1.54) is 0 Å². The molecule has 4 nitrogen and oxygen atoms in total. The number of hydrogen-bond acceptors (Lipinski definition) is 4. The molecule has 0 heterocycles. The number of carbonyl (C=O) groups excluding carboxylic acids is 1. The molecule has 0 aliphatic carbocycles. The summed E-state index contributed by atoms with van der Waals surface area (Å²) in [4.78, 5) is 14.2. The van der Waals surface area contributed by atoms with Gasteiger partial charge in [-0.25, -0.2) is 9.68 Å². The Bertz CT molecular complexity index is 125. The third-order valence-corrected chi connectivity index (χ3v) is 0.849. The van der Waals surface area contributed by atoms with Gasteiger partial charge in [0.15, 0.2) is 6.61 Å². The van der Waals surface area contributed by atoms with E-state index in [1.807, 2.05) is 20.8 Å². The fraction of sp³-hybridized carbons (Fsp3) is 0.857. The van der Waals surface area contributed by atoms with Crippen LogP contribution in [0, 0.1) is 5.41 Å². The highest BCUT2D eigenvalue weighted by Gasteiger charge is 2.13. The van der Waals surface area contributed by atoms with Crippen LogP contribution in [-0.2, 0) is 14.4 Å². The zero-order valence-corrected chi connectivity index (χ0v) is 7.09. The van der Waals surface area contributed by atoms with E-state index in [4.69, 9.17) is 9.99 Å². The van der Waals surface area contributed by atoms with Crippen LogP contribution in [-0.4, -0.2) is 24.4 Å². The van der Waals surface area contributed by atoms with Crippen LogP contribution in [0.5, 0.6) is 0 Å². The Balaban J connectivity index is 3.46. The summed E-state index contributed by atoms with van der Waals surface area (Å²) in [6.07, 6.45) is 0. The lowest BCUT2D eigenvalue weighted by Gasteiger charge is -2.17. The van der Waals surface area contributed by atoms with Crippen molar-refractivity contribution >= 4 is 5.97 Å². The summed E-state index contributed by atoms with van der Waals surface area (Å²) in [5.74, 6) is -0.553. The monoisotopic (exact) mass is 162 g/mol. The standard InChI is InChI=1S/C7H14O4/c1-7(2,3)5-10-6(8)4-11-9/h9H,4-5H2,1-3H3. The van der Waals surface area contributed by atoms with Gasteiger partial charge in [0.1, 0.15) is 0 Å². The Morgan fingerprint density at radius 3 is 2.36 bits per heavy atom. The maximum Gasteiger partial charge on any atom is 0.335 e. The van der Waals surface area contributed by atoms with Gasteiger partial charge >= 0.3 is 5.97 Å². The van der Waals surface area contributed by atoms with Crippen LogP contribution < -0.4 is 0 Å². The lowest BCUT2D eigenvalue weighted by Crippen LogP contribution is -2.20. The maximum atomic E-state index is 10.6. The van der Waals surface area contributed by atoms with Crippen LogP contribution in [0.4, 0.5) is 0 Å². The smallest absolute Gasteiger partial charge is 0.335 e. The zero-order valence-electron chi connectivity index (χ0n) is 7.09. The molecule has 0 aliphatic rings. The van der Waals surface area contributed by atoms with E-state index < -0.39 is 12.6 Å². The predicted molar refractivity (Wildman–Crippen MR) is 39.0 cm³/mol. The molecule has 0 bridgehead atoms. The van der Waals surface area contributed by atoms with Gasteiger partial charge in [-0.1, -0.05) is 20.8 Å². The van der Waals surface area contributed by atoms with Crippen molar-refractivity contribution in [1.29, 1.82) is 0 Å². The normalized spacial score (nSPS) is 11.3. The van der Waals surface area contributed by atoms with Gasteiger partial charge in [0.05, 0.1) is 6.61 Å². The van der Waals surface area contributed by atoms with Crippen LogP contribution in [0.15, 0.2) is 0 Å². The molecule has 0 saturated carbocycles. The molecule has 1 N–H and O–H groups in total. The van der Waals surface area contributed by atoms with Crippen molar-refractivity contribution in [3.8, 4) is 0 Å². The minimum absolute atomic E-state index is 0.0505. The van der Waals surface area contributed by atoms with Crippen LogP contribution in [0.3, 0.4) is 0 Å². The molecule has 0 radical (unpaired) electrons. The Labute approximate surface area is 66.0 Å². The van der Waals surface area contributed by atoms with Gasteiger partial charge in [-0.15, -0.1) is 0 Å². The first-order chi connectivity index (χ1) is 4.95. The average Bonchev–Trinajstić information content (AvgIpc) is 1.83. The van der Waals surface area contributed by atoms with Gasteiger partial charge in [-0.2, -0.15) is 0 Å². The number of esters is 1. The molecule has 4 heteroatoms. The largest absolute Gasteiger partial charge is 0.463 e. The molecule has 66 valence electrons. The Kier molecular flexibility index (Phi) is 4.07. The number of ether oxygens (including phenoxy) is 1. The summed E-state index contributed by atoms with van der Waals surface area (Å²) in [6.45, 7) is 5.76. The van der Waals surface area contributed by atoms with E-state index in [0.29, 0.717) is 6.61 Å². The second-order valence-corrected chi connectivity index (χ2v) is 3.49. The van der Waals surface area contributed by atoms with E-state index in [1.54, 1.807) is 0 Å². The van der Waals surface area contributed by atoms with Crippen LogP contribution in [0.25, 0.3) is 0 Å². The molecule has 0 saturated heterocycles. The molecule has 0 aromatic rings. The summed E-state index contributed by atoms with van der Waals surface area (Å²) >= 11 is 0. The van der Waals surface area contributed by atoms with E-state index in [2.05, 4.69) is 4.89 Å². The molecule has 0 aliphatic heterocycles. The van der Waals surface area contributed by atoms with Crippen molar-refractivity contribution in [2.45, 2.75) is 20.8 Å². The average molecular weight is 162 g/mol. The van der Waals surface area contributed by atoms with E-state index in [9.17, 15) is 4.79 Å². The van der Waals surface area contributed by atoms with Crippen molar-refractivity contribution in [3.63, 3.8) is 0 Å². The highest BCUT2D eigenvalue weighted by atomic mass is 17.1. The maximum absolute atomic E-state index is 10.6. The van der Waals surface area contributed by atoms with Gasteiger partial charge in [0.25, 0.3) is 0 Å². The minimum atomic E-state index is -0.553. The Hall–Kier alpha value is -0.610. The fourth-order valence-corrected chi connectivity index (χ4v) is 0.391. The molecule has 0 aromatic carbocycles. The number of rotatable bonds is 3. The second-order valence-electron chi connectivity index (χ2n) is 3.49. The summed E-state index contributed by atoms with van der Waals surface area (Å²) in [6, 6.07) is 0. The van der Waals surface area contributed by atoms with E-state index >= 15 is 0 Å². The van der Waals surface area contributed by atoms with Gasteiger partial charge in [-0.3, -0.25) is 5.26 Å². The van der Waals surface area contributed by atoms with Gasteiger partial charge in [0, 0.05) is 0 Å². The SMILES string of the molecule is CC(C)(C)COC(=O)COO. The van der Waals surface area contributed by atoms with Crippen molar-refractivity contribution in [1.82, 2.24) is 0 Å². The first-order valence-electron chi connectivity index (χ1n) is 3.38. The minimum Gasteiger partial charge on any atom is -0.463 e. The second kappa shape index (κ2) is 4.31. The molecule has 0 aromatic heterocycles. The molecule has 0 fully saturated rings. The summed E-state index contributed by atoms with van der Waals surface area (Å²) in [7, 11) is 0. The Morgan fingerprint density at radius 1 is 1.45 bits per heavy atom. The summed E-state index contributed by atoms with van der Waals surface area (Å²) in [5.41, 5.74) is -0.0505. The highest BCUT2D eigenvalue weighted by molar-refractivity contribution is 5.70. The molecule has 11 heavy (non-hydrogen) atoms. The van der Waals surface area contributed by atoms with Crippen molar-refractivity contribution in [2.75, 3.05) is 13.2 Å². The van der Waals surface area contributed by atoms with Gasteiger partial charge < -0.3 is 4.74 Å². The molecule has 0 rings (SSSR count). The zero-order chi connectivity index (χ0) is 8.91. The summed E-state index contributed by atoms with van der Waals surface area (Å²) in [5, 5.41) is 7.87. The molecular weight excluding hydrogens is 148 g/mol. The van der Waals surface area contributed by atoms with Crippen molar-refractivity contribution in [3.05, 3.63) is 0 Å². The first kappa shape index (κ1) is 10.4. The third kappa shape index (κ3) is 7.29. The van der Waals surface area contributed by atoms with Crippen molar-refractivity contribution in [2.24, 2.45) is 5.41 Å². The fourth-order valence-electron chi connectivity index (χ4n) is 0.391. The third-order valence-electron chi connectivity index (χ3n) is 0.849. The van der Waals surface area contributed by atoms with Crippen LogP contribution in [0.2, 0.25) is 0 Å². The van der Waals surface area contributed by atoms with Gasteiger partial charge in [0.2, 0.25) is 0 Å². The summed E-state index contributed by atoms with van der Waals surface area (Å²) < 4.78 is 4.72. The molecule has 0 spiro atoms. The molecule has 0 amide bonds. The molecule has 0 atom stereocenters. The van der Waals surface area contributed by atoms with Crippen LogP contribution in [0.1, 0.15) is 20.8 Å². The number of hydrogen-bond donors (Lipinski definition) is 1. The van der Waals surface area contributed by atoms with E-state index in [-0.39, 0.29) is 5.41 Å².